The van der Waals surface area contributed by atoms with Gasteiger partial charge in [0.15, 0.2) is 9.84 Å². The maximum Gasteiger partial charge on any atom is 0.270 e. The molecule has 1 heterocycles. The Bertz CT molecular complexity index is 1020. The molecule has 1 aromatic rings. The summed E-state index contributed by atoms with van der Waals surface area (Å²) in [5.41, 5.74) is 0.581. The number of amides is 2. The normalized spacial score (nSPS) is 18.8. The van der Waals surface area contributed by atoms with E-state index in [2.05, 4.69) is 10.3 Å². The van der Waals surface area contributed by atoms with E-state index < -0.39 is 27.6 Å². The minimum atomic E-state index is -3.50. The fourth-order valence-corrected chi connectivity index (χ4v) is 3.57. The molecule has 7 nitrogen and oxygen atoms in total. The average Bonchev–Trinajstić information content (AvgIpc) is 2.62. The summed E-state index contributed by atoms with van der Waals surface area (Å²) in [6.45, 7) is 1.50. The van der Waals surface area contributed by atoms with Crippen LogP contribution in [0.1, 0.15) is 6.92 Å². The number of nitrogens with zero attached hydrogens (tertiary/aromatic N) is 1. The summed E-state index contributed by atoms with van der Waals surface area (Å²) in [6, 6.07) is 3.67. The Hall–Kier alpha value is -3.00. The van der Waals surface area contributed by atoms with Crippen LogP contribution in [0.3, 0.4) is 0 Å². The van der Waals surface area contributed by atoms with Gasteiger partial charge in [-0.05, 0) is 24.3 Å². The van der Waals surface area contributed by atoms with Gasteiger partial charge in [0.2, 0.25) is 0 Å². The van der Waals surface area contributed by atoms with Crippen LogP contribution in [0, 0.1) is 5.92 Å². The molecule has 0 fully saturated rings. The van der Waals surface area contributed by atoms with E-state index in [4.69, 9.17) is 0 Å². The quantitative estimate of drug-likeness (QED) is 0.782. The molecule has 2 aliphatic rings. The van der Waals surface area contributed by atoms with E-state index in [9.17, 15) is 23.1 Å². The Balaban J connectivity index is 1.91. The summed E-state index contributed by atoms with van der Waals surface area (Å²) < 4.78 is 24.0. The molecule has 2 amide bonds. The first-order valence-corrected chi connectivity index (χ1v) is 9.53. The van der Waals surface area contributed by atoms with Gasteiger partial charge < -0.3 is 10.4 Å². The standard InChI is InChI=1S/C18H16N2O5S/c1-2-26(24,25)11-7-8-16(21)15(9-11)20-18(23)13-10-17(22)19-14-6-4-3-5-12(13)14/h3-10,12,21H,2H2,1H3,(H,20,23). The SMILES string of the molecule is CCS(=O)(=O)c1ccc(O)c(NC(=O)C2=CC(=O)N=C3C=CC=CC23)c1. The average molecular weight is 372 g/mol. The van der Waals surface area contributed by atoms with Crippen molar-refractivity contribution in [2.75, 3.05) is 11.1 Å². The van der Waals surface area contributed by atoms with Crippen LogP contribution in [-0.2, 0) is 19.4 Å². The fourth-order valence-electron chi connectivity index (χ4n) is 2.66. The van der Waals surface area contributed by atoms with E-state index in [1.807, 2.05) is 0 Å². The lowest BCUT2D eigenvalue weighted by Gasteiger charge is -2.21. The third-order valence-electron chi connectivity index (χ3n) is 4.07. The van der Waals surface area contributed by atoms with E-state index in [-0.39, 0.29) is 27.7 Å². The van der Waals surface area contributed by atoms with Crippen LogP contribution in [-0.4, -0.2) is 36.8 Å². The second-order valence-electron chi connectivity index (χ2n) is 5.73. The lowest BCUT2D eigenvalue weighted by Crippen LogP contribution is -2.29. The zero-order chi connectivity index (χ0) is 18.9. The van der Waals surface area contributed by atoms with Crippen LogP contribution in [0.2, 0.25) is 0 Å². The Morgan fingerprint density at radius 2 is 2.08 bits per heavy atom. The molecule has 2 N–H and O–H groups in total. The van der Waals surface area contributed by atoms with E-state index >= 15 is 0 Å². The number of hydrogen-bond acceptors (Lipinski definition) is 5. The first-order valence-electron chi connectivity index (χ1n) is 7.88. The van der Waals surface area contributed by atoms with Crippen LogP contribution < -0.4 is 5.32 Å². The van der Waals surface area contributed by atoms with Gasteiger partial charge in [0.25, 0.3) is 11.8 Å². The maximum atomic E-state index is 12.6. The molecule has 26 heavy (non-hydrogen) atoms. The van der Waals surface area contributed by atoms with Gasteiger partial charge in [0.05, 0.1) is 28.0 Å². The van der Waals surface area contributed by atoms with Gasteiger partial charge in [-0.3, -0.25) is 9.59 Å². The van der Waals surface area contributed by atoms with Gasteiger partial charge in [0.1, 0.15) is 5.75 Å². The zero-order valence-corrected chi connectivity index (χ0v) is 14.7. The second kappa shape index (κ2) is 6.72. The van der Waals surface area contributed by atoms with Crippen molar-refractivity contribution in [2.24, 2.45) is 10.9 Å². The van der Waals surface area contributed by atoms with Crippen LogP contribution in [0.5, 0.6) is 5.75 Å². The summed E-state index contributed by atoms with van der Waals surface area (Å²) in [5, 5.41) is 12.4. The van der Waals surface area contributed by atoms with Crippen molar-refractivity contribution < 1.29 is 23.1 Å². The molecule has 0 radical (unpaired) electrons. The number of dihydropyridines is 1. The number of rotatable bonds is 4. The van der Waals surface area contributed by atoms with Crippen molar-refractivity contribution in [3.05, 3.63) is 54.2 Å². The Kier molecular flexibility index (Phi) is 4.60. The van der Waals surface area contributed by atoms with Gasteiger partial charge in [0, 0.05) is 11.6 Å². The number of phenols is 1. The van der Waals surface area contributed by atoms with Crippen molar-refractivity contribution in [1.82, 2.24) is 0 Å². The predicted molar refractivity (Wildman–Crippen MR) is 96.8 cm³/mol. The highest BCUT2D eigenvalue weighted by atomic mass is 32.2. The maximum absolute atomic E-state index is 12.6. The number of carbonyl (C=O) groups is 2. The summed E-state index contributed by atoms with van der Waals surface area (Å²) in [6.07, 6.45) is 7.97. The number of allylic oxidation sites excluding steroid dienone is 4. The lowest BCUT2D eigenvalue weighted by atomic mass is 9.87. The van der Waals surface area contributed by atoms with Gasteiger partial charge in [-0.1, -0.05) is 25.2 Å². The van der Waals surface area contributed by atoms with Crippen LogP contribution in [0.15, 0.2) is 64.0 Å². The molecule has 8 heteroatoms. The molecular weight excluding hydrogens is 356 g/mol. The molecule has 0 bridgehead atoms. The summed E-state index contributed by atoms with van der Waals surface area (Å²) in [5.74, 6) is -2.01. The van der Waals surface area contributed by atoms with Gasteiger partial charge in [-0.25, -0.2) is 13.4 Å². The monoisotopic (exact) mass is 372 g/mol. The number of carbonyl (C=O) groups excluding carboxylic acids is 2. The summed E-state index contributed by atoms with van der Waals surface area (Å²) >= 11 is 0. The highest BCUT2D eigenvalue weighted by molar-refractivity contribution is 7.91. The largest absolute Gasteiger partial charge is 0.506 e. The fraction of sp³-hybridized carbons (Fsp3) is 0.167. The predicted octanol–water partition coefficient (Wildman–Crippen LogP) is 1.77. The first-order chi connectivity index (χ1) is 12.3. The number of aliphatic imine (C=N–C) groups is 1. The minimum Gasteiger partial charge on any atom is -0.506 e. The summed E-state index contributed by atoms with van der Waals surface area (Å²) in [7, 11) is -3.50. The molecule has 3 rings (SSSR count). The molecule has 134 valence electrons. The number of hydrogen-bond donors (Lipinski definition) is 2. The number of fused-ring (bicyclic) bond motifs is 1. The van der Waals surface area contributed by atoms with Crippen LogP contribution in [0.4, 0.5) is 5.69 Å². The Morgan fingerprint density at radius 3 is 2.81 bits per heavy atom. The molecule has 1 aliphatic carbocycles. The smallest absolute Gasteiger partial charge is 0.270 e. The van der Waals surface area contributed by atoms with E-state index in [0.29, 0.717) is 5.71 Å². The molecule has 0 spiro atoms. The topological polar surface area (TPSA) is 113 Å². The highest BCUT2D eigenvalue weighted by Crippen LogP contribution is 2.29. The molecule has 0 saturated heterocycles. The van der Waals surface area contributed by atoms with Crippen LogP contribution in [0.25, 0.3) is 0 Å². The number of sulfone groups is 1. The van der Waals surface area contributed by atoms with Crippen molar-refractivity contribution in [3.8, 4) is 5.75 Å². The van der Waals surface area contributed by atoms with Gasteiger partial charge >= 0.3 is 0 Å². The van der Waals surface area contributed by atoms with Crippen molar-refractivity contribution in [1.29, 1.82) is 0 Å². The summed E-state index contributed by atoms with van der Waals surface area (Å²) in [4.78, 5) is 28.3. The second-order valence-corrected chi connectivity index (χ2v) is 8.01. The third kappa shape index (κ3) is 3.36. The molecule has 0 saturated carbocycles. The number of aromatic hydroxyl groups is 1. The van der Waals surface area contributed by atoms with Crippen molar-refractivity contribution in [2.45, 2.75) is 11.8 Å². The van der Waals surface area contributed by atoms with Gasteiger partial charge in [-0.15, -0.1) is 0 Å². The van der Waals surface area contributed by atoms with Gasteiger partial charge in [-0.2, -0.15) is 0 Å². The van der Waals surface area contributed by atoms with E-state index in [1.54, 1.807) is 24.3 Å². The van der Waals surface area contributed by atoms with Crippen molar-refractivity contribution >= 4 is 33.1 Å². The van der Waals surface area contributed by atoms with Crippen molar-refractivity contribution in [3.63, 3.8) is 0 Å². The molecule has 0 aromatic heterocycles. The lowest BCUT2D eigenvalue weighted by molar-refractivity contribution is -0.116. The number of nitrogens with one attached hydrogen (secondary N) is 1. The highest BCUT2D eigenvalue weighted by Gasteiger charge is 2.29. The van der Waals surface area contributed by atoms with E-state index in [1.165, 1.54) is 25.1 Å². The molecule has 1 unspecified atom stereocenters. The zero-order valence-electron chi connectivity index (χ0n) is 13.8. The number of phenolic OH excluding ortho intramolecular Hbond substituents is 1. The third-order valence-corrected chi connectivity index (χ3v) is 5.80. The van der Waals surface area contributed by atoms with E-state index in [0.717, 1.165) is 6.08 Å². The first kappa shape index (κ1) is 17.8. The van der Waals surface area contributed by atoms with Crippen LogP contribution >= 0.6 is 0 Å². The molecule has 1 aliphatic heterocycles. The number of anilines is 1. The molecular formula is C18H16N2O5S. The number of benzene rings is 1. The minimum absolute atomic E-state index is 0.00968. The Labute approximate surface area is 150 Å². The Morgan fingerprint density at radius 1 is 1.31 bits per heavy atom. The molecule has 1 aromatic carbocycles. The molecule has 1 atom stereocenters.